The third kappa shape index (κ3) is 5.31. The molecule has 0 aliphatic heterocycles. The molecule has 4 aliphatic rings. The summed E-state index contributed by atoms with van der Waals surface area (Å²) < 4.78 is 0. The van der Waals surface area contributed by atoms with Gasteiger partial charge in [0.1, 0.15) is 0 Å². The lowest BCUT2D eigenvalue weighted by Gasteiger charge is -2.45. The van der Waals surface area contributed by atoms with Crippen LogP contribution in [0, 0.1) is 0 Å². The van der Waals surface area contributed by atoms with Crippen LogP contribution >= 0.6 is 0 Å². The Morgan fingerprint density at radius 1 is 0.281 bits per heavy atom. The van der Waals surface area contributed by atoms with E-state index in [1.165, 1.54) is 94.7 Å². The lowest BCUT2D eigenvalue weighted by atomic mass is 9.57. The average molecular weight is 820 g/mol. The van der Waals surface area contributed by atoms with E-state index in [0.29, 0.717) is 0 Å². The molecular weight excluding hydrogens is 771 g/mol. The van der Waals surface area contributed by atoms with Gasteiger partial charge in [0, 0.05) is 33.3 Å². The second kappa shape index (κ2) is 13.9. The molecule has 1 nitrogen and oxygen atoms in total. The van der Waals surface area contributed by atoms with E-state index in [1.54, 1.807) is 0 Å². The second-order valence-corrected chi connectivity index (χ2v) is 19.3. The SMILES string of the molecule is CC1(C)c2ccccc2-c2ccc(N(c3ccc(-c4ccccc4)cc3)c3ccc(-c4ccc5c(c4)C4(CCC6(CC4)c4ccccc4-c4ccccc46)c4ccccc4-5)cc3)cc21. The summed E-state index contributed by atoms with van der Waals surface area (Å²) in [5.74, 6) is 0. The first-order chi connectivity index (χ1) is 31.4. The molecule has 306 valence electrons. The number of benzene rings is 9. The summed E-state index contributed by atoms with van der Waals surface area (Å²) in [4.78, 5) is 2.43. The Balaban J connectivity index is 0.876. The van der Waals surface area contributed by atoms with Crippen LogP contribution in [0.5, 0.6) is 0 Å². The first kappa shape index (κ1) is 37.3. The summed E-state index contributed by atoms with van der Waals surface area (Å²) in [6, 6.07) is 80.1. The van der Waals surface area contributed by atoms with Crippen molar-refractivity contribution in [3.8, 4) is 55.6 Å². The van der Waals surface area contributed by atoms with Crippen molar-refractivity contribution in [3.05, 3.63) is 246 Å². The van der Waals surface area contributed by atoms with Gasteiger partial charge in [-0.15, -0.1) is 0 Å². The molecule has 0 heterocycles. The minimum Gasteiger partial charge on any atom is -0.310 e. The Hall–Kier alpha value is -7.22. The van der Waals surface area contributed by atoms with E-state index in [2.05, 4.69) is 231 Å². The number of anilines is 3. The van der Waals surface area contributed by atoms with E-state index in [9.17, 15) is 0 Å². The average Bonchev–Trinajstić information content (AvgIpc) is 3.88. The molecular formula is C63H49N. The van der Waals surface area contributed by atoms with E-state index in [0.717, 1.165) is 37.1 Å². The summed E-state index contributed by atoms with van der Waals surface area (Å²) in [5.41, 5.74) is 25.6. The minimum absolute atomic E-state index is 0.0106. The van der Waals surface area contributed by atoms with Gasteiger partial charge in [-0.25, -0.2) is 0 Å². The molecule has 0 N–H and O–H groups in total. The maximum atomic E-state index is 2.55. The summed E-state index contributed by atoms with van der Waals surface area (Å²) in [6.45, 7) is 4.74. The van der Waals surface area contributed by atoms with Gasteiger partial charge in [0.2, 0.25) is 0 Å². The smallest absolute Gasteiger partial charge is 0.0465 e. The van der Waals surface area contributed by atoms with Gasteiger partial charge >= 0.3 is 0 Å². The third-order valence-electron chi connectivity index (χ3n) is 15.9. The normalized spacial score (nSPS) is 16.1. The number of hydrogen-bond donors (Lipinski definition) is 0. The standard InChI is InChI=1S/C63H49N/c1-61(2)55-20-10-6-16-49(55)53-35-33-48(41-59(53)61)64(46-29-24-43(25-30-46)42-14-4-3-5-15-42)47-31-26-44(27-32-47)45-28-34-54-52-19-9-13-23-58(52)63(60(54)40-45)38-36-62(37-39-63)56-21-11-7-17-50(56)51-18-8-12-22-57(51)62/h3-35,40-41H,36-39H2,1-2H3. The highest BCUT2D eigenvalue weighted by atomic mass is 15.1. The molecule has 0 bridgehead atoms. The molecule has 0 saturated heterocycles. The van der Waals surface area contributed by atoms with Crippen LogP contribution < -0.4 is 4.90 Å². The molecule has 0 aromatic heterocycles. The van der Waals surface area contributed by atoms with Crippen molar-refractivity contribution in [2.24, 2.45) is 0 Å². The van der Waals surface area contributed by atoms with Gasteiger partial charge in [0.25, 0.3) is 0 Å². The molecule has 1 fully saturated rings. The predicted octanol–water partition coefficient (Wildman–Crippen LogP) is 16.6. The number of nitrogens with zero attached hydrogens (tertiary/aromatic N) is 1. The van der Waals surface area contributed by atoms with Crippen molar-refractivity contribution < 1.29 is 0 Å². The highest BCUT2D eigenvalue weighted by Gasteiger charge is 2.53. The monoisotopic (exact) mass is 819 g/mol. The minimum atomic E-state index is -0.0930. The van der Waals surface area contributed by atoms with Crippen molar-refractivity contribution >= 4 is 17.1 Å². The molecule has 9 aromatic rings. The second-order valence-electron chi connectivity index (χ2n) is 19.3. The van der Waals surface area contributed by atoms with Crippen molar-refractivity contribution in [2.45, 2.75) is 55.8 Å². The number of fused-ring (bicyclic) bond motifs is 13. The Bertz CT molecular complexity index is 3240. The lowest BCUT2D eigenvalue weighted by molar-refractivity contribution is 0.265. The summed E-state index contributed by atoms with van der Waals surface area (Å²) in [6.07, 6.45) is 4.54. The zero-order valence-corrected chi connectivity index (χ0v) is 36.5. The van der Waals surface area contributed by atoms with Crippen molar-refractivity contribution in [1.82, 2.24) is 0 Å². The van der Waals surface area contributed by atoms with Crippen molar-refractivity contribution in [2.75, 3.05) is 4.90 Å². The van der Waals surface area contributed by atoms with E-state index < -0.39 is 0 Å². The van der Waals surface area contributed by atoms with Gasteiger partial charge in [-0.1, -0.05) is 184 Å². The fourth-order valence-corrected chi connectivity index (χ4v) is 12.7. The largest absolute Gasteiger partial charge is 0.310 e. The molecule has 13 rings (SSSR count). The zero-order valence-electron chi connectivity index (χ0n) is 36.5. The van der Waals surface area contributed by atoms with Crippen LogP contribution in [0.2, 0.25) is 0 Å². The van der Waals surface area contributed by atoms with Gasteiger partial charge < -0.3 is 4.90 Å². The van der Waals surface area contributed by atoms with E-state index in [1.807, 2.05) is 0 Å². The van der Waals surface area contributed by atoms with Crippen LogP contribution in [0.3, 0.4) is 0 Å². The molecule has 9 aromatic carbocycles. The third-order valence-corrected chi connectivity index (χ3v) is 15.9. The highest BCUT2D eigenvalue weighted by molar-refractivity contribution is 5.88. The first-order valence-corrected chi connectivity index (χ1v) is 23.2. The molecule has 64 heavy (non-hydrogen) atoms. The van der Waals surface area contributed by atoms with Crippen LogP contribution in [-0.4, -0.2) is 0 Å². The number of rotatable bonds is 5. The molecule has 0 radical (unpaired) electrons. The van der Waals surface area contributed by atoms with Crippen LogP contribution in [0.25, 0.3) is 55.6 Å². The Morgan fingerprint density at radius 3 is 1.19 bits per heavy atom. The molecule has 1 heteroatoms. The van der Waals surface area contributed by atoms with Crippen molar-refractivity contribution in [3.63, 3.8) is 0 Å². The Labute approximate surface area is 377 Å². The van der Waals surface area contributed by atoms with Gasteiger partial charge in [-0.2, -0.15) is 0 Å². The van der Waals surface area contributed by atoms with Crippen LogP contribution in [0.4, 0.5) is 17.1 Å². The summed E-state index contributed by atoms with van der Waals surface area (Å²) in [7, 11) is 0. The van der Waals surface area contributed by atoms with E-state index >= 15 is 0 Å². The predicted molar refractivity (Wildman–Crippen MR) is 267 cm³/mol. The van der Waals surface area contributed by atoms with E-state index in [-0.39, 0.29) is 16.2 Å². The summed E-state index contributed by atoms with van der Waals surface area (Å²) in [5, 5.41) is 0. The maximum Gasteiger partial charge on any atom is 0.0465 e. The fourth-order valence-electron chi connectivity index (χ4n) is 12.7. The fraction of sp³-hybridized carbons (Fsp3) is 0.143. The van der Waals surface area contributed by atoms with Gasteiger partial charge in [0.15, 0.2) is 0 Å². The van der Waals surface area contributed by atoms with Gasteiger partial charge in [-0.05, 0) is 157 Å². The topological polar surface area (TPSA) is 3.24 Å². The Morgan fingerprint density at radius 2 is 0.641 bits per heavy atom. The Kier molecular flexibility index (Phi) is 8.10. The molecule has 0 amide bonds. The van der Waals surface area contributed by atoms with Gasteiger partial charge in [-0.3, -0.25) is 0 Å². The molecule has 0 atom stereocenters. The zero-order chi connectivity index (χ0) is 42.6. The molecule has 4 aliphatic carbocycles. The number of hydrogen-bond acceptors (Lipinski definition) is 1. The molecule has 2 spiro atoms. The van der Waals surface area contributed by atoms with Crippen LogP contribution in [-0.2, 0) is 16.2 Å². The van der Waals surface area contributed by atoms with E-state index in [4.69, 9.17) is 0 Å². The van der Waals surface area contributed by atoms with Crippen molar-refractivity contribution in [1.29, 1.82) is 0 Å². The quantitative estimate of drug-likeness (QED) is 0.167. The molecule has 1 saturated carbocycles. The first-order valence-electron chi connectivity index (χ1n) is 23.2. The summed E-state index contributed by atoms with van der Waals surface area (Å²) >= 11 is 0. The molecule has 0 unspecified atom stereocenters. The highest BCUT2D eigenvalue weighted by Crippen LogP contribution is 2.64. The van der Waals surface area contributed by atoms with Crippen LogP contribution in [0.1, 0.15) is 72.9 Å². The van der Waals surface area contributed by atoms with Crippen LogP contribution in [0.15, 0.2) is 212 Å². The maximum absolute atomic E-state index is 2.55. The van der Waals surface area contributed by atoms with Gasteiger partial charge in [0.05, 0.1) is 0 Å². The lowest BCUT2D eigenvalue weighted by Crippen LogP contribution is -2.39.